The van der Waals surface area contributed by atoms with Gasteiger partial charge in [-0.3, -0.25) is 24.6 Å². The fourth-order valence-electron chi connectivity index (χ4n) is 3.72. The summed E-state index contributed by atoms with van der Waals surface area (Å²) < 4.78 is 4.92. The van der Waals surface area contributed by atoms with Crippen LogP contribution >= 0.6 is 0 Å². The summed E-state index contributed by atoms with van der Waals surface area (Å²) in [4.78, 5) is 62.2. The van der Waals surface area contributed by atoms with E-state index in [9.17, 15) is 24.0 Å². The van der Waals surface area contributed by atoms with Crippen molar-refractivity contribution in [2.45, 2.75) is 51.5 Å². The maximum atomic E-state index is 12.8. The summed E-state index contributed by atoms with van der Waals surface area (Å²) in [5.41, 5.74) is 0.500. The number of imide groups is 2. The van der Waals surface area contributed by atoms with Crippen molar-refractivity contribution < 1.29 is 28.7 Å². The second kappa shape index (κ2) is 9.51. The van der Waals surface area contributed by atoms with Gasteiger partial charge in [-0.1, -0.05) is 26.2 Å². The van der Waals surface area contributed by atoms with Crippen LogP contribution in [0.5, 0.6) is 0 Å². The number of benzene rings is 1. The van der Waals surface area contributed by atoms with E-state index in [1.807, 2.05) is 12.2 Å². The molecule has 9 nitrogen and oxygen atoms in total. The lowest BCUT2D eigenvalue weighted by molar-refractivity contribution is -0.123. The molecule has 0 aromatic heterocycles. The molecule has 0 bridgehead atoms. The van der Waals surface area contributed by atoms with Crippen LogP contribution in [-0.2, 0) is 9.53 Å². The van der Waals surface area contributed by atoms with Gasteiger partial charge >= 0.3 is 12.0 Å². The van der Waals surface area contributed by atoms with E-state index < -0.39 is 30.4 Å². The smallest absolute Gasteiger partial charge is 0.338 e. The number of esters is 1. The minimum Gasteiger partial charge on any atom is -0.452 e. The molecule has 1 aliphatic heterocycles. The highest BCUT2D eigenvalue weighted by molar-refractivity contribution is 6.22. The van der Waals surface area contributed by atoms with Gasteiger partial charge in [0.25, 0.3) is 17.7 Å². The lowest BCUT2D eigenvalue weighted by Gasteiger charge is -2.29. The number of amides is 5. The molecule has 1 aromatic rings. The van der Waals surface area contributed by atoms with Gasteiger partial charge < -0.3 is 10.1 Å². The predicted molar refractivity (Wildman–Crippen MR) is 106 cm³/mol. The monoisotopic (exact) mass is 415 g/mol. The van der Waals surface area contributed by atoms with Crippen molar-refractivity contribution in [1.82, 2.24) is 15.5 Å². The largest absolute Gasteiger partial charge is 0.452 e. The third-order valence-electron chi connectivity index (χ3n) is 5.22. The van der Waals surface area contributed by atoms with E-state index in [1.165, 1.54) is 23.1 Å². The van der Waals surface area contributed by atoms with Crippen molar-refractivity contribution in [3.05, 3.63) is 34.9 Å². The van der Waals surface area contributed by atoms with Gasteiger partial charge in [0.15, 0.2) is 6.61 Å². The van der Waals surface area contributed by atoms with Crippen LogP contribution in [0.2, 0.25) is 0 Å². The van der Waals surface area contributed by atoms with Crippen LogP contribution in [0, 0.1) is 0 Å². The normalized spacial score (nSPS) is 16.2. The minimum absolute atomic E-state index is 0.0589. The first-order valence-electron chi connectivity index (χ1n) is 10.2. The second-order valence-electron chi connectivity index (χ2n) is 7.41. The van der Waals surface area contributed by atoms with Gasteiger partial charge in [0.1, 0.15) is 0 Å². The third kappa shape index (κ3) is 4.67. The maximum Gasteiger partial charge on any atom is 0.338 e. The SMILES string of the molecule is CCCNC(=O)NC(=O)COC(=O)c1ccc2c(c1)C(=O)N(C1CCCCC1)C2=O. The number of urea groups is 1. The molecule has 1 heterocycles. The third-order valence-corrected chi connectivity index (χ3v) is 5.22. The number of hydrogen-bond donors (Lipinski definition) is 2. The zero-order valence-electron chi connectivity index (χ0n) is 16.9. The summed E-state index contributed by atoms with van der Waals surface area (Å²) in [5, 5.41) is 4.51. The molecule has 0 unspecified atom stereocenters. The molecule has 0 spiro atoms. The molecule has 3 rings (SSSR count). The zero-order chi connectivity index (χ0) is 21.7. The van der Waals surface area contributed by atoms with Crippen LogP contribution < -0.4 is 10.6 Å². The van der Waals surface area contributed by atoms with Crippen molar-refractivity contribution in [3.63, 3.8) is 0 Å². The summed E-state index contributed by atoms with van der Waals surface area (Å²) in [6.07, 6.45) is 5.36. The van der Waals surface area contributed by atoms with E-state index in [2.05, 4.69) is 5.32 Å². The Morgan fingerprint density at radius 2 is 1.77 bits per heavy atom. The van der Waals surface area contributed by atoms with Crippen molar-refractivity contribution in [2.24, 2.45) is 0 Å². The van der Waals surface area contributed by atoms with E-state index in [1.54, 1.807) is 0 Å². The standard InChI is InChI=1S/C21H25N3O6/c1-2-10-22-21(29)23-17(25)12-30-20(28)13-8-9-15-16(11-13)19(27)24(18(15)26)14-6-4-3-5-7-14/h8-9,11,14H,2-7,10,12H2,1H3,(H2,22,23,25,29). The Hall–Kier alpha value is -3.23. The fourth-order valence-corrected chi connectivity index (χ4v) is 3.72. The van der Waals surface area contributed by atoms with Crippen LogP contribution in [-0.4, -0.2) is 53.8 Å². The molecule has 2 N–H and O–H groups in total. The molecule has 1 aliphatic carbocycles. The number of carbonyl (C=O) groups excluding carboxylic acids is 5. The Kier molecular flexibility index (Phi) is 6.81. The highest BCUT2D eigenvalue weighted by Crippen LogP contribution is 2.31. The maximum absolute atomic E-state index is 12.8. The summed E-state index contributed by atoms with van der Waals surface area (Å²) in [6, 6.07) is 3.38. The average molecular weight is 415 g/mol. The molecular formula is C21H25N3O6. The van der Waals surface area contributed by atoms with Gasteiger partial charge in [-0.25, -0.2) is 9.59 Å². The lowest BCUT2D eigenvalue weighted by Crippen LogP contribution is -2.41. The number of carbonyl (C=O) groups is 5. The highest BCUT2D eigenvalue weighted by atomic mass is 16.5. The van der Waals surface area contributed by atoms with Gasteiger partial charge in [0.2, 0.25) is 0 Å². The second-order valence-corrected chi connectivity index (χ2v) is 7.41. The fraction of sp³-hybridized carbons (Fsp3) is 0.476. The number of hydrogen-bond acceptors (Lipinski definition) is 6. The highest BCUT2D eigenvalue weighted by Gasteiger charge is 2.40. The molecule has 2 aliphatic rings. The Morgan fingerprint density at radius 1 is 1.07 bits per heavy atom. The van der Waals surface area contributed by atoms with Crippen LogP contribution in [0.25, 0.3) is 0 Å². The average Bonchev–Trinajstić information content (AvgIpc) is 3.00. The van der Waals surface area contributed by atoms with Crippen molar-refractivity contribution in [3.8, 4) is 0 Å². The summed E-state index contributed by atoms with van der Waals surface area (Å²) in [7, 11) is 0. The molecule has 160 valence electrons. The Morgan fingerprint density at radius 3 is 2.47 bits per heavy atom. The zero-order valence-corrected chi connectivity index (χ0v) is 16.9. The van der Waals surface area contributed by atoms with E-state index in [-0.39, 0.29) is 28.6 Å². The topological polar surface area (TPSA) is 122 Å². The molecule has 0 saturated heterocycles. The molecule has 1 aromatic carbocycles. The molecular weight excluding hydrogens is 390 g/mol. The van der Waals surface area contributed by atoms with Crippen LogP contribution in [0.4, 0.5) is 4.79 Å². The molecule has 9 heteroatoms. The molecule has 0 radical (unpaired) electrons. The van der Waals surface area contributed by atoms with Crippen molar-refractivity contribution in [1.29, 1.82) is 0 Å². The molecule has 1 saturated carbocycles. The first-order chi connectivity index (χ1) is 14.4. The molecule has 1 fully saturated rings. The van der Waals surface area contributed by atoms with Crippen molar-refractivity contribution >= 4 is 29.7 Å². The van der Waals surface area contributed by atoms with Gasteiger partial charge in [-0.15, -0.1) is 0 Å². The first-order valence-corrected chi connectivity index (χ1v) is 10.2. The predicted octanol–water partition coefficient (Wildman–Crippen LogP) is 2.01. The van der Waals surface area contributed by atoms with Crippen molar-refractivity contribution in [2.75, 3.05) is 13.2 Å². The molecule has 30 heavy (non-hydrogen) atoms. The number of rotatable bonds is 6. The molecule has 5 amide bonds. The number of nitrogens with one attached hydrogen (secondary N) is 2. The van der Waals surface area contributed by atoms with Crippen LogP contribution in [0.15, 0.2) is 18.2 Å². The lowest BCUT2D eigenvalue weighted by atomic mass is 9.94. The first kappa shape index (κ1) is 21.5. The number of ether oxygens (including phenoxy) is 1. The Balaban J connectivity index is 1.61. The van der Waals surface area contributed by atoms with Gasteiger partial charge in [-0.05, 0) is 37.5 Å². The van der Waals surface area contributed by atoms with Gasteiger partial charge in [-0.2, -0.15) is 0 Å². The number of fused-ring (bicyclic) bond motifs is 1. The van der Waals surface area contributed by atoms with Crippen LogP contribution in [0.3, 0.4) is 0 Å². The quantitative estimate of drug-likeness (QED) is 0.541. The van der Waals surface area contributed by atoms with E-state index >= 15 is 0 Å². The summed E-state index contributed by atoms with van der Waals surface area (Å²) in [5.74, 6) is -2.33. The summed E-state index contributed by atoms with van der Waals surface area (Å²) in [6.45, 7) is 1.64. The Bertz CT molecular complexity index is 875. The minimum atomic E-state index is -0.821. The Labute approximate surface area is 174 Å². The van der Waals surface area contributed by atoms with E-state index in [0.29, 0.717) is 13.0 Å². The van der Waals surface area contributed by atoms with Gasteiger partial charge in [0.05, 0.1) is 16.7 Å². The summed E-state index contributed by atoms with van der Waals surface area (Å²) >= 11 is 0. The number of nitrogens with zero attached hydrogens (tertiary/aromatic N) is 1. The van der Waals surface area contributed by atoms with Crippen LogP contribution in [0.1, 0.15) is 76.5 Å². The van der Waals surface area contributed by atoms with E-state index in [0.717, 1.165) is 32.1 Å². The van der Waals surface area contributed by atoms with E-state index in [4.69, 9.17) is 4.74 Å². The molecule has 0 atom stereocenters. The van der Waals surface area contributed by atoms with Gasteiger partial charge in [0, 0.05) is 12.6 Å².